The van der Waals surface area contributed by atoms with Gasteiger partial charge in [-0.3, -0.25) is 0 Å². The summed E-state index contributed by atoms with van der Waals surface area (Å²) in [5.74, 6) is -31.1. The zero-order valence-corrected chi connectivity index (χ0v) is 42.0. The van der Waals surface area contributed by atoms with E-state index >= 15 is 0 Å². The maximum atomic E-state index is 12.9. The van der Waals surface area contributed by atoms with Crippen LogP contribution in [0.2, 0.25) is 0 Å². The van der Waals surface area contributed by atoms with Crippen molar-refractivity contribution in [3.8, 4) is 189 Å². The van der Waals surface area contributed by atoms with Crippen molar-refractivity contribution in [1.29, 1.82) is 0 Å². The summed E-state index contributed by atoms with van der Waals surface area (Å²) in [6, 6.07) is 16.3. The van der Waals surface area contributed by atoms with E-state index in [1.807, 2.05) is 0 Å². The number of hydrogen-bond acceptors (Lipinski definition) is 26. The van der Waals surface area contributed by atoms with Crippen molar-refractivity contribution in [1.82, 2.24) is 19.5 Å². The van der Waals surface area contributed by atoms with Crippen LogP contribution in [0.3, 0.4) is 0 Å². The van der Waals surface area contributed by atoms with Gasteiger partial charge in [-0.25, -0.2) is 15.0 Å². The lowest BCUT2D eigenvalue weighted by Crippen LogP contribution is -2.05. The van der Waals surface area contributed by atoms with E-state index in [0.717, 1.165) is 0 Å². The topological polar surface area (TPSA) is 502 Å². The highest BCUT2D eigenvalue weighted by Gasteiger charge is 2.39. The number of furan rings is 1. The van der Waals surface area contributed by atoms with E-state index in [0.29, 0.717) is 0 Å². The smallest absolute Gasteiger partial charge is 0.208 e. The summed E-state index contributed by atoms with van der Waals surface area (Å²) in [5.41, 5.74) is -7.47. The average Bonchev–Trinajstić information content (AvgIpc) is 1.58. The molecule has 422 valence electrons. The number of nitrogens with zero attached hydrogens (tertiary/aromatic N) is 4. The van der Waals surface area contributed by atoms with Gasteiger partial charge in [-0.15, -0.1) is 0 Å². The maximum Gasteiger partial charge on any atom is 0.208 e. The number of hydrogen-bond donors (Lipinski definition) is 22. The fraction of sp³-hybridized carbons (Fsp3) is 0. The lowest BCUT2D eigenvalue weighted by atomic mass is 9.88. The van der Waals surface area contributed by atoms with Crippen LogP contribution in [-0.4, -0.2) is 140 Å². The zero-order chi connectivity index (χ0) is 60.7. The first-order valence-corrected chi connectivity index (χ1v) is 24.3. The van der Waals surface area contributed by atoms with Crippen LogP contribution in [0.1, 0.15) is 0 Å². The van der Waals surface area contributed by atoms with Crippen molar-refractivity contribution in [2.24, 2.45) is 0 Å². The summed E-state index contributed by atoms with van der Waals surface area (Å²) < 4.78 is 7.84. The lowest BCUT2D eigenvalue weighted by molar-refractivity contribution is 0.329. The molecule has 10 aromatic carbocycles. The van der Waals surface area contributed by atoms with Gasteiger partial charge in [0.1, 0.15) is 41.4 Å². The molecule has 0 bridgehead atoms. The quantitative estimate of drug-likeness (QED) is 0.0337. The van der Waals surface area contributed by atoms with Gasteiger partial charge in [-0.05, 0) is 23.7 Å². The van der Waals surface area contributed by atoms with Crippen LogP contribution in [0.4, 0.5) is 0 Å². The van der Waals surface area contributed by atoms with Crippen molar-refractivity contribution < 1.29 is 117 Å². The first-order chi connectivity index (χ1) is 40.3. The van der Waals surface area contributed by atoms with Gasteiger partial charge in [0.2, 0.25) is 34.5 Å². The second-order valence-corrected chi connectivity index (χ2v) is 19.3. The molecule has 28 heteroatoms. The fourth-order valence-electron chi connectivity index (χ4n) is 11.1. The van der Waals surface area contributed by atoms with Crippen LogP contribution in [-0.2, 0) is 0 Å². The Hall–Kier alpha value is -12.7. The molecule has 0 unspecified atom stereocenters. The molecule has 3 aromatic heterocycles. The molecule has 22 N–H and O–H groups in total. The Morgan fingerprint density at radius 1 is 0.282 bits per heavy atom. The van der Waals surface area contributed by atoms with Crippen molar-refractivity contribution >= 4 is 78.6 Å². The molecule has 0 aliphatic rings. The molecule has 0 amide bonds. The number of phenolic OH excluding ortho intramolecular Hbond substituents is 22. The Kier molecular flexibility index (Phi) is 10.4. The normalized spacial score (nSPS) is 11.9. The van der Waals surface area contributed by atoms with E-state index in [1.54, 1.807) is 18.2 Å². The van der Waals surface area contributed by atoms with Gasteiger partial charge in [-0.2, -0.15) is 0 Å². The largest absolute Gasteiger partial charge is 0.506 e. The summed E-state index contributed by atoms with van der Waals surface area (Å²) in [5, 5.41) is 245. The second kappa shape index (κ2) is 17.1. The van der Waals surface area contributed by atoms with E-state index in [9.17, 15) is 112 Å². The van der Waals surface area contributed by atoms with Crippen LogP contribution >= 0.6 is 0 Å². The minimum absolute atomic E-state index is 0.150. The van der Waals surface area contributed by atoms with Crippen molar-refractivity contribution in [3.05, 3.63) is 66.7 Å². The first kappa shape index (κ1) is 51.7. The minimum atomic E-state index is -1.53. The highest BCUT2D eigenvalue weighted by Crippen LogP contribution is 2.65. The first-order valence-electron chi connectivity index (χ1n) is 24.3. The van der Waals surface area contributed by atoms with Crippen LogP contribution in [0.25, 0.3) is 127 Å². The lowest BCUT2D eigenvalue weighted by Gasteiger charge is -2.19. The van der Waals surface area contributed by atoms with Crippen LogP contribution in [0, 0.1) is 0 Å². The van der Waals surface area contributed by atoms with Crippen molar-refractivity contribution in [2.45, 2.75) is 0 Å². The van der Waals surface area contributed by atoms with Gasteiger partial charge in [0, 0.05) is 54.3 Å². The Morgan fingerprint density at radius 3 is 1.13 bits per heavy atom. The molecule has 27 nitrogen and oxygen atoms in total. The SMILES string of the molecule is [B]c1c(O)c(O)c(-c2c(O)c(O)c(-c3nc(-c4c(O)c(O)c(O)c(O)c4O)nc(-c4cccc5c4oc4c(-c6c(O)c7c8c(O)c(O)c(O)c(O)c8c8c(O)c(O)c(O)c9c8c7c(c6O)n9-c6ccccc6)cccc45)n3)c(O)c2O)c(O)c1O. The molecular weight excluding hydrogens is 1120 g/mol. The predicted octanol–water partition coefficient (Wildman–Crippen LogP) is 7.26. The monoisotopic (exact) mass is 1150 g/mol. The van der Waals surface area contributed by atoms with Crippen molar-refractivity contribution in [3.63, 3.8) is 0 Å². The van der Waals surface area contributed by atoms with Crippen LogP contribution in [0.5, 0.6) is 126 Å². The molecule has 0 saturated heterocycles. The zero-order valence-electron chi connectivity index (χ0n) is 42.0. The molecular formula is C57H33BN4O23. The van der Waals surface area contributed by atoms with E-state index in [-0.39, 0.29) is 60.6 Å². The number of aromatic nitrogens is 4. The van der Waals surface area contributed by atoms with Gasteiger partial charge < -0.3 is 121 Å². The summed E-state index contributed by atoms with van der Waals surface area (Å²) in [6.45, 7) is 0. The molecule has 0 saturated carbocycles. The average molecular weight is 1150 g/mol. The molecule has 13 aromatic rings. The van der Waals surface area contributed by atoms with E-state index in [2.05, 4.69) is 15.0 Å². The molecule has 85 heavy (non-hydrogen) atoms. The Morgan fingerprint density at radius 2 is 0.635 bits per heavy atom. The highest BCUT2D eigenvalue weighted by atomic mass is 16.4. The predicted molar refractivity (Wildman–Crippen MR) is 297 cm³/mol. The molecule has 0 spiro atoms. The number of phenols is 22. The van der Waals surface area contributed by atoms with Gasteiger partial charge in [0.15, 0.2) is 104 Å². The van der Waals surface area contributed by atoms with Crippen LogP contribution in [0.15, 0.2) is 71.1 Å². The number of fused-ring (bicyclic) bond motifs is 6. The number of para-hydroxylation sites is 3. The Balaban J connectivity index is 1.12. The van der Waals surface area contributed by atoms with Gasteiger partial charge in [-0.1, -0.05) is 48.5 Å². The van der Waals surface area contributed by atoms with Gasteiger partial charge >= 0.3 is 0 Å². The standard InChI is InChI=1S/C57H33BN4O23/c58-28-44(76)38(70)25(39(71)45(28)77)24-36(68)40(72)26(41(73)37(24)69)56-59-55(60-57(61-56)27-42(74)50(82)52(84)51(83)43(27)75)16-11-5-9-14-13-8-4-10-15(53(13)85-54(14)16)17-31(63)20-18-19-21(23-22(20)34(66)48(80)49(81)35(23)67)33(65)47(79)46(78)30(19)62(29(18)32(17)64)12-6-2-1-3-7-12/h1-11,63-84H. The number of rotatable bonds is 6. The molecule has 0 fully saturated rings. The fourth-order valence-corrected chi connectivity index (χ4v) is 11.1. The third-order valence-electron chi connectivity index (χ3n) is 15.0. The Bertz CT molecular complexity index is 5150. The third-order valence-corrected chi connectivity index (χ3v) is 15.0. The molecule has 0 aliphatic carbocycles. The maximum absolute atomic E-state index is 12.9. The molecule has 2 radical (unpaired) electrons. The summed E-state index contributed by atoms with van der Waals surface area (Å²) >= 11 is 0. The summed E-state index contributed by atoms with van der Waals surface area (Å²) in [7, 11) is 5.53. The van der Waals surface area contributed by atoms with Crippen molar-refractivity contribution in [2.75, 3.05) is 0 Å². The van der Waals surface area contributed by atoms with E-state index in [1.165, 1.54) is 53.1 Å². The highest BCUT2D eigenvalue weighted by molar-refractivity contribution is 6.42. The molecule has 13 rings (SSSR count). The summed E-state index contributed by atoms with van der Waals surface area (Å²) in [6.07, 6.45) is 0. The Labute approximate surface area is 468 Å². The number of aromatic hydroxyl groups is 22. The molecule has 0 aliphatic heterocycles. The third kappa shape index (κ3) is 6.39. The minimum Gasteiger partial charge on any atom is -0.506 e. The number of benzene rings is 10. The molecule has 3 heterocycles. The second-order valence-electron chi connectivity index (χ2n) is 19.3. The van der Waals surface area contributed by atoms with Crippen LogP contribution < -0.4 is 5.46 Å². The van der Waals surface area contributed by atoms with Gasteiger partial charge in [0.05, 0.1) is 27.8 Å². The van der Waals surface area contributed by atoms with E-state index in [4.69, 9.17) is 12.3 Å². The van der Waals surface area contributed by atoms with Gasteiger partial charge in [0.25, 0.3) is 0 Å². The van der Waals surface area contributed by atoms with E-state index < -0.39 is 199 Å². The summed E-state index contributed by atoms with van der Waals surface area (Å²) in [4.78, 5) is 12.7. The molecule has 0 atom stereocenters.